The van der Waals surface area contributed by atoms with E-state index in [2.05, 4.69) is 9.97 Å². The number of carbonyl (C=O) groups excluding carboxylic acids is 1. The smallest absolute Gasteiger partial charge is 0.410 e. The van der Waals surface area contributed by atoms with Crippen LogP contribution >= 0.6 is 11.3 Å². The monoisotopic (exact) mass is 433 g/mol. The van der Waals surface area contributed by atoms with Crippen LogP contribution in [-0.4, -0.2) is 57.5 Å². The summed E-state index contributed by atoms with van der Waals surface area (Å²) in [7, 11) is 1.82. The van der Waals surface area contributed by atoms with Gasteiger partial charge >= 0.3 is 6.09 Å². The molecule has 7 nitrogen and oxygen atoms in total. The van der Waals surface area contributed by atoms with E-state index >= 15 is 0 Å². The summed E-state index contributed by atoms with van der Waals surface area (Å²) < 4.78 is 11.9. The number of carbonyl (C=O) groups is 1. The number of nitrogens with zero attached hydrogens (tertiary/aromatic N) is 3. The molecule has 0 bridgehead atoms. The first-order valence-corrected chi connectivity index (χ1v) is 11.6. The molecular formula is C22H31N3O4S. The van der Waals surface area contributed by atoms with E-state index in [1.54, 1.807) is 22.6 Å². The fraction of sp³-hybridized carbons (Fsp3) is 0.682. The molecule has 0 aromatic carbocycles. The second-order valence-electron chi connectivity index (χ2n) is 9.36. The molecule has 2 aliphatic rings. The van der Waals surface area contributed by atoms with Gasteiger partial charge in [-0.05, 0) is 64.9 Å². The summed E-state index contributed by atoms with van der Waals surface area (Å²) in [5.41, 5.74) is 0.698. The van der Waals surface area contributed by atoms with Crippen molar-refractivity contribution in [2.45, 2.75) is 83.0 Å². The predicted octanol–water partition coefficient (Wildman–Crippen LogP) is 4.27. The molecule has 8 heteroatoms. The zero-order chi connectivity index (χ0) is 21.5. The Morgan fingerprint density at radius 3 is 2.63 bits per heavy atom. The normalized spacial score (nSPS) is 24.0. The van der Waals surface area contributed by atoms with Crippen molar-refractivity contribution < 1.29 is 19.4 Å². The topological polar surface area (TPSA) is 84.8 Å². The highest BCUT2D eigenvalue weighted by Gasteiger charge is 2.33. The largest absolute Gasteiger partial charge is 0.474 e. The third-order valence-electron chi connectivity index (χ3n) is 6.07. The van der Waals surface area contributed by atoms with E-state index < -0.39 is 5.60 Å². The molecule has 0 saturated heterocycles. The number of ether oxygens (including phenoxy) is 2. The van der Waals surface area contributed by atoms with Gasteiger partial charge in [0, 0.05) is 23.9 Å². The van der Waals surface area contributed by atoms with Crippen LogP contribution in [0.4, 0.5) is 4.79 Å². The van der Waals surface area contributed by atoms with E-state index in [0.29, 0.717) is 5.88 Å². The summed E-state index contributed by atoms with van der Waals surface area (Å²) >= 11 is 1.69. The van der Waals surface area contributed by atoms with Crippen LogP contribution in [0, 0.1) is 0 Å². The van der Waals surface area contributed by atoms with Crippen LogP contribution in [0.5, 0.6) is 5.88 Å². The number of hydrogen-bond donors (Lipinski definition) is 1. The molecule has 2 heterocycles. The number of aliphatic hydroxyl groups is 1. The molecule has 164 valence electrons. The summed E-state index contributed by atoms with van der Waals surface area (Å²) in [6.45, 7) is 5.80. The van der Waals surface area contributed by atoms with Crippen LogP contribution in [0.1, 0.15) is 69.2 Å². The third-order valence-corrected chi connectivity index (χ3v) is 7.24. The Bertz CT molecular complexity index is 915. The van der Waals surface area contributed by atoms with E-state index in [4.69, 9.17) is 9.47 Å². The Balaban J connectivity index is 1.43. The molecule has 2 aliphatic carbocycles. The van der Waals surface area contributed by atoms with Gasteiger partial charge in [-0.15, -0.1) is 11.3 Å². The van der Waals surface area contributed by atoms with Gasteiger partial charge < -0.3 is 19.5 Å². The second kappa shape index (κ2) is 8.30. The number of aromatic nitrogens is 2. The Kier molecular flexibility index (Phi) is 5.90. The molecule has 1 amide bonds. The first-order chi connectivity index (χ1) is 14.3. The Morgan fingerprint density at radius 2 is 1.97 bits per heavy atom. The first kappa shape index (κ1) is 21.3. The molecule has 1 fully saturated rings. The molecule has 0 radical (unpaired) electrons. The maximum atomic E-state index is 12.4. The number of rotatable bonds is 4. The van der Waals surface area contributed by atoms with Gasteiger partial charge in [-0.2, -0.15) is 0 Å². The molecule has 4 rings (SSSR count). The van der Waals surface area contributed by atoms with Crippen molar-refractivity contribution in [1.29, 1.82) is 0 Å². The third kappa shape index (κ3) is 4.25. The van der Waals surface area contributed by atoms with E-state index in [1.807, 2.05) is 27.8 Å². The van der Waals surface area contributed by atoms with Crippen LogP contribution in [0.25, 0.3) is 10.2 Å². The summed E-state index contributed by atoms with van der Waals surface area (Å²) in [6, 6.07) is 0.161. The van der Waals surface area contributed by atoms with Gasteiger partial charge in [0.15, 0.2) is 0 Å². The van der Waals surface area contributed by atoms with Crippen LogP contribution in [0.3, 0.4) is 0 Å². The van der Waals surface area contributed by atoms with E-state index in [-0.39, 0.29) is 30.8 Å². The highest BCUT2D eigenvalue weighted by atomic mass is 32.1. The van der Waals surface area contributed by atoms with E-state index in [9.17, 15) is 9.90 Å². The standard InChI is InChI=1S/C22H31N3O4S/c1-22(2,3)29-21(27)25(4)14-6-8-15(9-7-14)28-19-18-17-13(11-26)5-10-16(17)30-20(18)24-12-23-19/h12-15,26H,5-11H2,1-4H3/t13?,14-,15-. The van der Waals surface area contributed by atoms with Crippen molar-refractivity contribution in [2.24, 2.45) is 0 Å². The van der Waals surface area contributed by atoms with Crippen LogP contribution in [-0.2, 0) is 11.2 Å². The van der Waals surface area contributed by atoms with Crippen LogP contribution in [0.15, 0.2) is 6.33 Å². The lowest BCUT2D eigenvalue weighted by Crippen LogP contribution is -2.43. The molecule has 1 saturated carbocycles. The number of fused-ring (bicyclic) bond motifs is 3. The molecular weight excluding hydrogens is 402 g/mol. The van der Waals surface area contributed by atoms with Crippen molar-refractivity contribution in [3.8, 4) is 5.88 Å². The minimum absolute atomic E-state index is 0.0657. The van der Waals surface area contributed by atoms with E-state index in [1.165, 1.54) is 10.4 Å². The number of aliphatic hydroxyl groups excluding tert-OH is 1. The van der Waals surface area contributed by atoms with Gasteiger partial charge in [0.25, 0.3) is 0 Å². The Labute approximate surface area is 181 Å². The highest BCUT2D eigenvalue weighted by molar-refractivity contribution is 7.19. The first-order valence-electron chi connectivity index (χ1n) is 10.8. The second-order valence-corrected chi connectivity index (χ2v) is 10.4. The zero-order valence-electron chi connectivity index (χ0n) is 18.2. The minimum Gasteiger partial charge on any atom is -0.474 e. The summed E-state index contributed by atoms with van der Waals surface area (Å²) in [5.74, 6) is 0.794. The molecule has 2 aromatic rings. The maximum Gasteiger partial charge on any atom is 0.410 e. The minimum atomic E-state index is -0.489. The summed E-state index contributed by atoms with van der Waals surface area (Å²) in [5, 5.41) is 10.8. The Morgan fingerprint density at radius 1 is 1.23 bits per heavy atom. The number of aryl methyl sites for hydroxylation is 1. The number of thiophene rings is 1. The molecule has 0 spiro atoms. The fourth-order valence-corrected chi connectivity index (χ4v) is 5.73. The van der Waals surface area contributed by atoms with Crippen molar-refractivity contribution >= 4 is 27.6 Å². The fourth-order valence-electron chi connectivity index (χ4n) is 4.50. The molecule has 1 atom stereocenters. The summed E-state index contributed by atoms with van der Waals surface area (Å²) in [4.78, 5) is 25.2. The van der Waals surface area contributed by atoms with Gasteiger partial charge in [0.1, 0.15) is 22.9 Å². The van der Waals surface area contributed by atoms with Crippen molar-refractivity contribution in [2.75, 3.05) is 13.7 Å². The van der Waals surface area contributed by atoms with Gasteiger partial charge in [-0.1, -0.05) is 0 Å². The van der Waals surface area contributed by atoms with E-state index in [0.717, 1.165) is 48.7 Å². The van der Waals surface area contributed by atoms with Gasteiger partial charge in [0.2, 0.25) is 5.88 Å². The van der Waals surface area contributed by atoms with Crippen molar-refractivity contribution in [3.05, 3.63) is 16.8 Å². The lowest BCUT2D eigenvalue weighted by molar-refractivity contribution is 0.0137. The molecule has 1 N–H and O–H groups in total. The molecule has 1 unspecified atom stereocenters. The summed E-state index contributed by atoms with van der Waals surface area (Å²) in [6.07, 6.45) is 6.79. The van der Waals surface area contributed by atoms with Gasteiger partial charge in [-0.3, -0.25) is 0 Å². The average molecular weight is 434 g/mol. The van der Waals surface area contributed by atoms with Crippen LogP contribution < -0.4 is 4.74 Å². The maximum absolute atomic E-state index is 12.4. The highest BCUT2D eigenvalue weighted by Crippen LogP contribution is 2.46. The van der Waals surface area contributed by atoms with Crippen molar-refractivity contribution in [3.63, 3.8) is 0 Å². The predicted molar refractivity (Wildman–Crippen MR) is 116 cm³/mol. The quantitative estimate of drug-likeness (QED) is 0.775. The van der Waals surface area contributed by atoms with Gasteiger partial charge in [-0.25, -0.2) is 14.8 Å². The lowest BCUT2D eigenvalue weighted by atomic mass is 9.92. The number of amides is 1. The molecule has 2 aromatic heterocycles. The SMILES string of the molecule is CN(C(=O)OC(C)(C)C)[C@H]1CC[C@H](Oc2ncnc3sc4c(c23)C(CO)CC4)CC1. The number of hydrogen-bond acceptors (Lipinski definition) is 7. The molecule has 30 heavy (non-hydrogen) atoms. The van der Waals surface area contributed by atoms with Crippen molar-refractivity contribution in [1.82, 2.24) is 14.9 Å². The Hall–Kier alpha value is -1.93. The van der Waals surface area contributed by atoms with Crippen LogP contribution in [0.2, 0.25) is 0 Å². The van der Waals surface area contributed by atoms with Gasteiger partial charge in [0.05, 0.1) is 12.0 Å². The molecule has 0 aliphatic heterocycles. The lowest BCUT2D eigenvalue weighted by Gasteiger charge is -2.35. The zero-order valence-corrected chi connectivity index (χ0v) is 19.0. The average Bonchev–Trinajstić information content (AvgIpc) is 3.26.